The van der Waals surface area contributed by atoms with Crippen molar-refractivity contribution in [2.24, 2.45) is 0 Å². The lowest BCUT2D eigenvalue weighted by atomic mass is 10.1. The molecule has 0 aliphatic carbocycles. The zero-order valence-electron chi connectivity index (χ0n) is 31.2. The summed E-state index contributed by atoms with van der Waals surface area (Å²) in [7, 11) is 4.04. The van der Waals surface area contributed by atoms with Crippen molar-refractivity contribution in [2.75, 3.05) is 173 Å². The molecule has 0 aliphatic heterocycles. The van der Waals surface area contributed by atoms with Crippen LogP contribution in [0, 0.1) is 0 Å². The van der Waals surface area contributed by atoms with Gasteiger partial charge in [0.05, 0.1) is 145 Å². The first kappa shape index (κ1) is 48.0. The Morgan fingerprint density at radius 2 is 0.633 bits per heavy atom. The van der Waals surface area contributed by atoms with Crippen LogP contribution in [0.1, 0.15) is 51.9 Å². The average molecular weight is 714 g/mol. The van der Waals surface area contributed by atoms with Crippen LogP contribution in [0.15, 0.2) is 0 Å². The molecule has 0 aromatic rings. The van der Waals surface area contributed by atoms with Crippen molar-refractivity contribution < 1.29 is 61.6 Å². The van der Waals surface area contributed by atoms with Gasteiger partial charge in [0, 0.05) is 13.0 Å². The highest BCUT2D eigenvalue weighted by Crippen LogP contribution is 2.07. The summed E-state index contributed by atoms with van der Waals surface area (Å²) in [5.41, 5.74) is 0. The maximum Gasteiger partial charge on any atom is 0.305 e. The van der Waals surface area contributed by atoms with Gasteiger partial charge in [-0.25, -0.2) is 0 Å². The predicted octanol–water partition coefficient (Wildman–Crippen LogP) is 3.02. The lowest BCUT2D eigenvalue weighted by Gasteiger charge is -2.10. The zero-order valence-corrected chi connectivity index (χ0v) is 31.2. The zero-order chi connectivity index (χ0) is 35.6. The number of carbonyl (C=O) groups excluding carboxylic acids is 1. The van der Waals surface area contributed by atoms with E-state index in [0.29, 0.717) is 152 Å². The van der Waals surface area contributed by atoms with Crippen LogP contribution < -0.4 is 0 Å². The van der Waals surface area contributed by atoms with Gasteiger partial charge in [-0.05, 0) is 20.5 Å². The molecule has 0 bridgehead atoms. The van der Waals surface area contributed by atoms with Gasteiger partial charge in [-0.2, -0.15) is 0 Å². The van der Waals surface area contributed by atoms with Crippen molar-refractivity contribution in [1.82, 2.24) is 4.90 Å². The second-order valence-electron chi connectivity index (χ2n) is 11.3. The van der Waals surface area contributed by atoms with Crippen LogP contribution in [-0.4, -0.2) is 183 Å². The van der Waals surface area contributed by atoms with E-state index in [4.69, 9.17) is 56.8 Å². The van der Waals surface area contributed by atoms with Gasteiger partial charge in [0.15, 0.2) is 0 Å². The van der Waals surface area contributed by atoms with Crippen LogP contribution in [0.4, 0.5) is 0 Å². The minimum Gasteiger partial charge on any atom is -0.463 e. The van der Waals surface area contributed by atoms with Crippen LogP contribution in [0.2, 0.25) is 0 Å². The molecule has 0 amide bonds. The van der Waals surface area contributed by atoms with Gasteiger partial charge in [-0.3, -0.25) is 4.79 Å². The number of hydrogen-bond acceptors (Lipinski definition) is 14. The predicted molar refractivity (Wildman–Crippen MR) is 187 cm³/mol. The van der Waals surface area contributed by atoms with Crippen LogP contribution in [-0.2, 0) is 61.6 Å². The SMILES string of the molecule is CCCCCCCCC(=O)OCCOCCOCCOCCOCCOCCOCCOCCOCCOCCOCCOCCN(C)C. The van der Waals surface area contributed by atoms with Crippen LogP contribution in [0.5, 0.6) is 0 Å². The molecule has 14 heteroatoms. The molecule has 0 aliphatic rings. The van der Waals surface area contributed by atoms with E-state index < -0.39 is 0 Å². The quantitative estimate of drug-likeness (QED) is 0.0678. The fourth-order valence-electron chi connectivity index (χ4n) is 3.88. The van der Waals surface area contributed by atoms with Crippen LogP contribution in [0.25, 0.3) is 0 Å². The van der Waals surface area contributed by atoms with Crippen molar-refractivity contribution in [2.45, 2.75) is 51.9 Å². The standard InChI is InChI=1S/C35H71NO13/c1-4-5-6-7-8-9-10-35(37)49-34-33-48-32-31-47-30-29-46-28-27-45-26-25-44-24-23-43-22-21-42-20-19-41-18-17-40-16-15-39-14-13-38-12-11-36(2)3/h4-34H2,1-3H3. The molecule has 0 saturated carbocycles. The molecule has 49 heavy (non-hydrogen) atoms. The molecule has 0 fully saturated rings. The van der Waals surface area contributed by atoms with E-state index in [1.807, 2.05) is 14.1 Å². The number of esters is 1. The Morgan fingerprint density at radius 3 is 0.939 bits per heavy atom. The summed E-state index contributed by atoms with van der Waals surface area (Å²) in [5.74, 6) is -0.143. The third-order valence-corrected chi connectivity index (χ3v) is 6.63. The Balaban J connectivity index is 3.09. The number of rotatable bonds is 43. The lowest BCUT2D eigenvalue weighted by molar-refractivity contribution is -0.145. The molecule has 0 atom stereocenters. The highest BCUT2D eigenvalue weighted by molar-refractivity contribution is 5.69. The molecule has 0 aromatic carbocycles. The second kappa shape index (κ2) is 43.2. The molecular formula is C35H71NO13. The molecule has 0 aromatic heterocycles. The Hall–Kier alpha value is -1.01. The van der Waals surface area contributed by atoms with E-state index in [-0.39, 0.29) is 12.6 Å². The largest absolute Gasteiger partial charge is 0.463 e. The second-order valence-corrected chi connectivity index (χ2v) is 11.3. The summed E-state index contributed by atoms with van der Waals surface area (Å²) in [6.07, 6.45) is 7.42. The first-order valence-electron chi connectivity index (χ1n) is 18.3. The number of ether oxygens (including phenoxy) is 12. The number of carbonyl (C=O) groups is 1. The Bertz CT molecular complexity index is 634. The summed E-state index contributed by atoms with van der Waals surface area (Å²) >= 11 is 0. The van der Waals surface area contributed by atoms with Crippen molar-refractivity contribution in [3.05, 3.63) is 0 Å². The van der Waals surface area contributed by atoms with Crippen molar-refractivity contribution in [3.63, 3.8) is 0 Å². The van der Waals surface area contributed by atoms with E-state index in [1.54, 1.807) is 0 Å². The Labute approximate surface area is 296 Å². The van der Waals surface area contributed by atoms with Crippen molar-refractivity contribution >= 4 is 5.97 Å². The molecule has 0 rings (SSSR count). The van der Waals surface area contributed by atoms with Crippen LogP contribution in [0.3, 0.4) is 0 Å². The maximum absolute atomic E-state index is 11.7. The molecule has 0 radical (unpaired) electrons. The average Bonchev–Trinajstić information content (AvgIpc) is 3.09. The van der Waals surface area contributed by atoms with E-state index in [1.165, 1.54) is 25.7 Å². The van der Waals surface area contributed by atoms with E-state index in [9.17, 15) is 4.79 Å². The highest BCUT2D eigenvalue weighted by Gasteiger charge is 2.03. The fourth-order valence-corrected chi connectivity index (χ4v) is 3.88. The van der Waals surface area contributed by atoms with Gasteiger partial charge >= 0.3 is 5.97 Å². The monoisotopic (exact) mass is 713 g/mol. The molecule has 14 nitrogen and oxygen atoms in total. The Kier molecular flexibility index (Phi) is 42.3. The fraction of sp³-hybridized carbons (Fsp3) is 0.971. The van der Waals surface area contributed by atoms with Crippen molar-refractivity contribution in [1.29, 1.82) is 0 Å². The van der Waals surface area contributed by atoms with Gasteiger partial charge in [-0.1, -0.05) is 39.0 Å². The summed E-state index contributed by atoms with van der Waals surface area (Å²) in [6.45, 7) is 14.8. The van der Waals surface area contributed by atoms with Gasteiger partial charge in [0.2, 0.25) is 0 Å². The molecule has 0 heterocycles. The van der Waals surface area contributed by atoms with E-state index >= 15 is 0 Å². The van der Waals surface area contributed by atoms with Gasteiger partial charge in [-0.15, -0.1) is 0 Å². The van der Waals surface area contributed by atoms with Gasteiger partial charge in [0.25, 0.3) is 0 Å². The normalized spacial score (nSPS) is 11.6. The maximum atomic E-state index is 11.7. The lowest BCUT2D eigenvalue weighted by Crippen LogP contribution is -2.19. The number of unbranched alkanes of at least 4 members (excludes halogenated alkanes) is 5. The Morgan fingerprint density at radius 1 is 0.367 bits per heavy atom. The summed E-state index contributed by atoms with van der Waals surface area (Å²) in [6, 6.07) is 0. The van der Waals surface area contributed by atoms with E-state index in [2.05, 4.69) is 11.8 Å². The number of nitrogens with zero attached hydrogens (tertiary/aromatic N) is 1. The number of hydrogen-bond donors (Lipinski definition) is 0. The van der Waals surface area contributed by atoms with Gasteiger partial charge in [0.1, 0.15) is 6.61 Å². The first-order chi connectivity index (χ1) is 24.2. The smallest absolute Gasteiger partial charge is 0.305 e. The topological polar surface area (TPSA) is 131 Å². The van der Waals surface area contributed by atoms with Crippen LogP contribution >= 0.6 is 0 Å². The molecule has 0 N–H and O–H groups in total. The summed E-state index contributed by atoms with van der Waals surface area (Å²) in [5, 5.41) is 0. The third-order valence-electron chi connectivity index (χ3n) is 6.63. The summed E-state index contributed by atoms with van der Waals surface area (Å²) in [4.78, 5) is 13.8. The highest BCUT2D eigenvalue weighted by atomic mass is 16.6. The third kappa shape index (κ3) is 45.0. The van der Waals surface area contributed by atoms with Gasteiger partial charge < -0.3 is 61.7 Å². The molecule has 0 saturated heterocycles. The number of likely N-dealkylation sites (N-methyl/N-ethyl adjacent to an activating group) is 1. The molecule has 294 valence electrons. The minimum atomic E-state index is -0.143. The van der Waals surface area contributed by atoms with E-state index in [0.717, 1.165) is 19.4 Å². The van der Waals surface area contributed by atoms with Crippen molar-refractivity contribution in [3.8, 4) is 0 Å². The summed E-state index contributed by atoms with van der Waals surface area (Å²) < 4.78 is 65.3. The molecule has 0 spiro atoms. The molecule has 0 unspecified atom stereocenters. The minimum absolute atomic E-state index is 0.143. The molecular weight excluding hydrogens is 642 g/mol. The first-order valence-corrected chi connectivity index (χ1v) is 18.3.